The van der Waals surface area contributed by atoms with E-state index in [2.05, 4.69) is 0 Å². The summed E-state index contributed by atoms with van der Waals surface area (Å²) in [5, 5.41) is 0. The molecule has 0 aromatic heterocycles. The fourth-order valence-electron chi connectivity index (χ4n) is 2.01. The Morgan fingerprint density at radius 3 is 2.24 bits per heavy atom. The molecule has 2 nitrogen and oxygen atoms in total. The lowest BCUT2D eigenvalue weighted by molar-refractivity contribution is 0.269. The normalized spacial score (nSPS) is 12.2. The molecule has 1 atom stereocenters. The number of rotatable bonds is 5. The lowest BCUT2D eigenvalue weighted by atomic mass is 10.1. The molecule has 2 rings (SSSR count). The van der Waals surface area contributed by atoms with Gasteiger partial charge in [0.15, 0.2) is 17.4 Å². The Labute approximate surface area is 121 Å². The van der Waals surface area contributed by atoms with Gasteiger partial charge >= 0.3 is 0 Å². The van der Waals surface area contributed by atoms with E-state index < -0.39 is 23.2 Å². The van der Waals surface area contributed by atoms with Crippen LogP contribution in [0.5, 0.6) is 5.75 Å². The summed E-state index contributed by atoms with van der Waals surface area (Å²) in [4.78, 5) is 0. The Balaban J connectivity index is 2.15. The lowest BCUT2D eigenvalue weighted by Gasteiger charge is -2.11. The maximum Gasteiger partial charge on any atom is 0.191 e. The molecule has 0 bridgehead atoms. The summed E-state index contributed by atoms with van der Waals surface area (Å²) in [5.41, 5.74) is 6.29. The first-order valence-corrected chi connectivity index (χ1v) is 6.57. The van der Waals surface area contributed by atoms with Crippen LogP contribution in [0.4, 0.5) is 13.2 Å². The predicted molar refractivity (Wildman–Crippen MR) is 74.4 cm³/mol. The SMILES string of the molecule is CC(N)Cc1cc(F)c(OCc2ccccc2F)c(F)c1. The molecule has 0 aliphatic heterocycles. The number of halogens is 3. The molecule has 1 unspecified atom stereocenters. The zero-order valence-corrected chi connectivity index (χ0v) is 11.6. The molecule has 0 aliphatic rings. The summed E-state index contributed by atoms with van der Waals surface area (Å²) in [6.45, 7) is 1.51. The zero-order chi connectivity index (χ0) is 15.4. The third-order valence-electron chi connectivity index (χ3n) is 2.95. The minimum Gasteiger partial charge on any atom is -0.483 e. The quantitative estimate of drug-likeness (QED) is 0.915. The Morgan fingerprint density at radius 2 is 1.67 bits per heavy atom. The Bertz CT molecular complexity index is 606. The Hall–Kier alpha value is -2.01. The van der Waals surface area contributed by atoms with Crippen molar-refractivity contribution in [3.8, 4) is 5.75 Å². The topological polar surface area (TPSA) is 35.2 Å². The molecular formula is C16H16F3NO. The van der Waals surface area contributed by atoms with Gasteiger partial charge in [0.1, 0.15) is 12.4 Å². The monoisotopic (exact) mass is 295 g/mol. The van der Waals surface area contributed by atoms with E-state index in [4.69, 9.17) is 10.5 Å². The van der Waals surface area contributed by atoms with E-state index in [1.807, 2.05) is 0 Å². The molecule has 0 spiro atoms. The van der Waals surface area contributed by atoms with Crippen LogP contribution in [0.2, 0.25) is 0 Å². The summed E-state index contributed by atoms with van der Waals surface area (Å²) in [5.74, 6) is -2.62. The van der Waals surface area contributed by atoms with Gasteiger partial charge in [0, 0.05) is 11.6 Å². The second-order valence-corrected chi connectivity index (χ2v) is 4.95. The van der Waals surface area contributed by atoms with Gasteiger partial charge in [-0.15, -0.1) is 0 Å². The fraction of sp³-hybridized carbons (Fsp3) is 0.250. The van der Waals surface area contributed by atoms with E-state index in [-0.39, 0.29) is 18.2 Å². The predicted octanol–water partition coefficient (Wildman–Crippen LogP) is 3.57. The largest absolute Gasteiger partial charge is 0.483 e. The Kier molecular flexibility index (Phi) is 4.85. The number of ether oxygens (including phenoxy) is 1. The third-order valence-corrected chi connectivity index (χ3v) is 2.95. The van der Waals surface area contributed by atoms with E-state index in [1.165, 1.54) is 30.3 Å². The zero-order valence-electron chi connectivity index (χ0n) is 11.6. The van der Waals surface area contributed by atoms with Gasteiger partial charge in [0.25, 0.3) is 0 Å². The smallest absolute Gasteiger partial charge is 0.191 e. The minimum absolute atomic E-state index is 0.200. The molecule has 21 heavy (non-hydrogen) atoms. The third kappa shape index (κ3) is 3.98. The van der Waals surface area contributed by atoms with Gasteiger partial charge in [0.05, 0.1) is 0 Å². The molecule has 0 heterocycles. The highest BCUT2D eigenvalue weighted by molar-refractivity contribution is 5.32. The van der Waals surface area contributed by atoms with E-state index >= 15 is 0 Å². The van der Waals surface area contributed by atoms with Crippen LogP contribution < -0.4 is 10.5 Å². The molecule has 0 fully saturated rings. The highest BCUT2D eigenvalue weighted by atomic mass is 19.1. The molecule has 0 radical (unpaired) electrons. The summed E-state index contributed by atoms with van der Waals surface area (Å²) in [6, 6.07) is 8.08. The molecular weight excluding hydrogens is 279 g/mol. The van der Waals surface area contributed by atoms with Crippen LogP contribution in [0.25, 0.3) is 0 Å². The van der Waals surface area contributed by atoms with Crippen LogP contribution in [0.1, 0.15) is 18.1 Å². The van der Waals surface area contributed by atoms with E-state index in [1.54, 1.807) is 13.0 Å². The summed E-state index contributed by atoms with van der Waals surface area (Å²) in [6.07, 6.45) is 0.363. The second-order valence-electron chi connectivity index (χ2n) is 4.95. The van der Waals surface area contributed by atoms with E-state index in [9.17, 15) is 13.2 Å². The summed E-state index contributed by atoms with van der Waals surface area (Å²) >= 11 is 0. The van der Waals surface area contributed by atoms with Gasteiger partial charge in [-0.2, -0.15) is 0 Å². The molecule has 0 aliphatic carbocycles. The Morgan fingerprint density at radius 1 is 1.05 bits per heavy atom. The first-order chi connectivity index (χ1) is 9.97. The van der Waals surface area contributed by atoms with Gasteiger partial charge in [-0.1, -0.05) is 18.2 Å². The highest BCUT2D eigenvalue weighted by Crippen LogP contribution is 2.25. The van der Waals surface area contributed by atoms with Crippen molar-refractivity contribution in [3.63, 3.8) is 0 Å². The number of benzene rings is 2. The van der Waals surface area contributed by atoms with E-state index in [0.29, 0.717) is 12.0 Å². The van der Waals surface area contributed by atoms with Gasteiger partial charge in [-0.25, -0.2) is 13.2 Å². The van der Waals surface area contributed by atoms with Crippen molar-refractivity contribution in [1.29, 1.82) is 0 Å². The molecule has 0 saturated heterocycles. The van der Waals surface area contributed by atoms with Crippen LogP contribution >= 0.6 is 0 Å². The number of nitrogens with two attached hydrogens (primary N) is 1. The molecule has 0 saturated carbocycles. The van der Waals surface area contributed by atoms with Gasteiger partial charge < -0.3 is 10.5 Å². The van der Waals surface area contributed by atoms with Crippen molar-refractivity contribution in [1.82, 2.24) is 0 Å². The van der Waals surface area contributed by atoms with Crippen LogP contribution in [0.15, 0.2) is 36.4 Å². The average Bonchev–Trinajstić information content (AvgIpc) is 2.39. The van der Waals surface area contributed by atoms with Crippen molar-refractivity contribution in [2.45, 2.75) is 26.0 Å². The van der Waals surface area contributed by atoms with Gasteiger partial charge in [-0.3, -0.25) is 0 Å². The van der Waals surface area contributed by atoms with Crippen LogP contribution in [-0.2, 0) is 13.0 Å². The number of hydrogen-bond acceptors (Lipinski definition) is 2. The molecule has 2 aromatic rings. The average molecular weight is 295 g/mol. The summed E-state index contributed by atoms with van der Waals surface area (Å²) < 4.78 is 46.2. The molecule has 2 N–H and O–H groups in total. The first kappa shape index (κ1) is 15.4. The molecule has 0 amide bonds. The standard InChI is InChI=1S/C16H16F3NO/c1-10(20)6-11-7-14(18)16(15(19)8-11)21-9-12-4-2-3-5-13(12)17/h2-5,7-8,10H,6,9,20H2,1H3. The van der Waals surface area contributed by atoms with Crippen LogP contribution in [-0.4, -0.2) is 6.04 Å². The summed E-state index contributed by atoms with van der Waals surface area (Å²) in [7, 11) is 0. The fourth-order valence-corrected chi connectivity index (χ4v) is 2.01. The lowest BCUT2D eigenvalue weighted by Crippen LogP contribution is -2.18. The van der Waals surface area contributed by atoms with E-state index in [0.717, 1.165) is 0 Å². The van der Waals surface area contributed by atoms with Crippen molar-refractivity contribution in [2.24, 2.45) is 5.73 Å². The van der Waals surface area contributed by atoms with Crippen molar-refractivity contribution < 1.29 is 17.9 Å². The van der Waals surface area contributed by atoms with Gasteiger partial charge in [0.2, 0.25) is 0 Å². The minimum atomic E-state index is -0.818. The molecule has 5 heteroatoms. The molecule has 2 aromatic carbocycles. The van der Waals surface area contributed by atoms with Crippen LogP contribution in [0.3, 0.4) is 0 Å². The number of hydrogen-bond donors (Lipinski definition) is 1. The first-order valence-electron chi connectivity index (χ1n) is 6.57. The van der Waals surface area contributed by atoms with Crippen molar-refractivity contribution in [2.75, 3.05) is 0 Å². The maximum atomic E-state index is 13.9. The highest BCUT2D eigenvalue weighted by Gasteiger charge is 2.14. The van der Waals surface area contributed by atoms with Crippen molar-refractivity contribution >= 4 is 0 Å². The van der Waals surface area contributed by atoms with Crippen LogP contribution in [0, 0.1) is 17.5 Å². The van der Waals surface area contributed by atoms with Crippen molar-refractivity contribution in [3.05, 3.63) is 65.0 Å². The maximum absolute atomic E-state index is 13.9. The van der Waals surface area contributed by atoms with Gasteiger partial charge in [-0.05, 0) is 37.1 Å². The molecule has 112 valence electrons. The second kappa shape index (κ2) is 6.63.